The van der Waals surface area contributed by atoms with Gasteiger partial charge in [0.25, 0.3) is 5.91 Å². The highest BCUT2D eigenvalue weighted by Gasteiger charge is 2.23. The molecule has 4 nitrogen and oxygen atoms in total. The van der Waals surface area contributed by atoms with E-state index in [4.69, 9.17) is 4.98 Å². The highest BCUT2D eigenvalue weighted by atomic mass is 32.1. The molecule has 1 fully saturated rings. The van der Waals surface area contributed by atoms with Crippen molar-refractivity contribution in [3.05, 3.63) is 64.0 Å². The quantitative estimate of drug-likeness (QED) is 0.581. The monoisotopic (exact) mass is 405 g/mol. The molecule has 1 saturated heterocycles. The number of rotatable bonds is 4. The van der Waals surface area contributed by atoms with Crippen LogP contribution in [0.2, 0.25) is 0 Å². The minimum absolute atomic E-state index is 0.0914. The van der Waals surface area contributed by atoms with Gasteiger partial charge in [-0.3, -0.25) is 4.79 Å². The average Bonchev–Trinajstić information content (AvgIpc) is 3.14. The van der Waals surface area contributed by atoms with E-state index in [1.54, 1.807) is 0 Å². The SMILES string of the molecule is Cc1ccc(-c2nc(N3CCCCC3)sc2C(=O)Nc2cc(C)cc(C)c2)cc1. The molecule has 1 aliphatic rings. The number of thiazole rings is 1. The first-order valence-electron chi connectivity index (χ1n) is 10.2. The first-order chi connectivity index (χ1) is 14.0. The lowest BCUT2D eigenvalue weighted by molar-refractivity contribution is 0.103. The van der Waals surface area contributed by atoms with Crippen molar-refractivity contribution in [1.29, 1.82) is 0 Å². The fourth-order valence-corrected chi connectivity index (χ4v) is 4.86. The van der Waals surface area contributed by atoms with Gasteiger partial charge in [0.2, 0.25) is 0 Å². The molecule has 0 saturated carbocycles. The number of benzene rings is 2. The van der Waals surface area contributed by atoms with Crippen molar-refractivity contribution in [3.8, 4) is 11.3 Å². The van der Waals surface area contributed by atoms with Crippen molar-refractivity contribution >= 4 is 28.1 Å². The smallest absolute Gasteiger partial charge is 0.268 e. The Bertz CT molecular complexity index is 997. The molecule has 0 aliphatic carbocycles. The van der Waals surface area contributed by atoms with Crippen LogP contribution in [0.3, 0.4) is 0 Å². The van der Waals surface area contributed by atoms with Gasteiger partial charge in [-0.05, 0) is 63.3 Å². The van der Waals surface area contributed by atoms with Crippen LogP contribution in [0.4, 0.5) is 10.8 Å². The second kappa shape index (κ2) is 8.37. The molecule has 1 N–H and O–H groups in total. The van der Waals surface area contributed by atoms with E-state index in [1.807, 2.05) is 26.0 Å². The van der Waals surface area contributed by atoms with Crippen molar-refractivity contribution in [3.63, 3.8) is 0 Å². The van der Waals surface area contributed by atoms with Crippen LogP contribution in [-0.2, 0) is 0 Å². The summed E-state index contributed by atoms with van der Waals surface area (Å²) in [7, 11) is 0. The summed E-state index contributed by atoms with van der Waals surface area (Å²) in [6.07, 6.45) is 3.64. The molecule has 3 aromatic rings. The van der Waals surface area contributed by atoms with Gasteiger partial charge in [0.1, 0.15) is 4.88 Å². The van der Waals surface area contributed by atoms with Crippen LogP contribution in [0.1, 0.15) is 45.6 Å². The molecule has 2 aromatic carbocycles. The molecule has 1 aliphatic heterocycles. The standard InChI is InChI=1S/C24H27N3OS/c1-16-7-9-19(10-8-16)21-22(29-24(26-21)27-11-5-4-6-12-27)23(28)25-20-14-17(2)13-18(3)15-20/h7-10,13-15H,4-6,11-12H2,1-3H3,(H,25,28). The Hall–Kier alpha value is -2.66. The van der Waals surface area contributed by atoms with Crippen molar-refractivity contribution in [2.75, 3.05) is 23.3 Å². The van der Waals surface area contributed by atoms with Crippen LogP contribution < -0.4 is 10.2 Å². The van der Waals surface area contributed by atoms with E-state index in [9.17, 15) is 4.79 Å². The number of amides is 1. The molecule has 0 atom stereocenters. The lowest BCUT2D eigenvalue weighted by Gasteiger charge is -2.25. The third kappa shape index (κ3) is 4.51. The van der Waals surface area contributed by atoms with Gasteiger partial charge in [0.05, 0.1) is 5.69 Å². The maximum Gasteiger partial charge on any atom is 0.268 e. The summed E-state index contributed by atoms with van der Waals surface area (Å²) in [5.74, 6) is -0.0914. The molecule has 2 heterocycles. The predicted octanol–water partition coefficient (Wildman–Crippen LogP) is 5.98. The number of carbonyl (C=O) groups excluding carboxylic acids is 1. The zero-order valence-electron chi connectivity index (χ0n) is 17.3. The van der Waals surface area contributed by atoms with Gasteiger partial charge < -0.3 is 10.2 Å². The second-order valence-electron chi connectivity index (χ2n) is 7.92. The molecule has 1 aromatic heterocycles. The second-order valence-corrected chi connectivity index (χ2v) is 8.90. The fourth-order valence-electron chi connectivity index (χ4n) is 3.82. The van der Waals surface area contributed by atoms with Crippen LogP contribution in [-0.4, -0.2) is 24.0 Å². The number of nitrogens with zero attached hydrogens (tertiary/aromatic N) is 2. The third-order valence-electron chi connectivity index (χ3n) is 5.25. The third-order valence-corrected chi connectivity index (χ3v) is 6.37. The maximum atomic E-state index is 13.2. The minimum atomic E-state index is -0.0914. The zero-order chi connectivity index (χ0) is 20.4. The maximum absolute atomic E-state index is 13.2. The number of aryl methyl sites for hydroxylation is 3. The van der Waals surface area contributed by atoms with E-state index in [0.29, 0.717) is 4.88 Å². The minimum Gasteiger partial charge on any atom is -0.348 e. The largest absolute Gasteiger partial charge is 0.348 e. The first kappa shape index (κ1) is 19.6. The van der Waals surface area contributed by atoms with Crippen molar-refractivity contribution in [2.24, 2.45) is 0 Å². The first-order valence-corrected chi connectivity index (χ1v) is 11.0. The Morgan fingerprint density at radius 3 is 2.24 bits per heavy atom. The summed E-state index contributed by atoms with van der Waals surface area (Å²) in [6, 6.07) is 14.4. The Kier molecular flexibility index (Phi) is 5.67. The summed E-state index contributed by atoms with van der Waals surface area (Å²) in [5, 5.41) is 4.04. The van der Waals surface area contributed by atoms with Gasteiger partial charge in [0.15, 0.2) is 5.13 Å². The van der Waals surface area contributed by atoms with Crippen LogP contribution >= 0.6 is 11.3 Å². The summed E-state index contributed by atoms with van der Waals surface area (Å²) in [6.45, 7) is 8.18. The molecule has 0 bridgehead atoms. The van der Waals surface area contributed by atoms with Gasteiger partial charge in [0, 0.05) is 24.3 Å². The number of carbonyl (C=O) groups is 1. The van der Waals surface area contributed by atoms with E-state index in [1.165, 1.54) is 36.2 Å². The van der Waals surface area contributed by atoms with Gasteiger partial charge in [-0.1, -0.05) is 47.2 Å². The predicted molar refractivity (Wildman–Crippen MR) is 122 cm³/mol. The molecule has 150 valence electrons. The molecule has 0 unspecified atom stereocenters. The number of piperidine rings is 1. The summed E-state index contributed by atoms with van der Waals surface area (Å²) in [4.78, 5) is 21.1. The normalized spacial score (nSPS) is 14.1. The lowest BCUT2D eigenvalue weighted by Crippen LogP contribution is -2.29. The highest BCUT2D eigenvalue weighted by Crippen LogP contribution is 2.35. The number of aromatic nitrogens is 1. The van der Waals surface area contributed by atoms with E-state index in [0.717, 1.165) is 46.3 Å². The number of nitrogens with one attached hydrogen (secondary N) is 1. The van der Waals surface area contributed by atoms with Crippen LogP contribution in [0.5, 0.6) is 0 Å². The van der Waals surface area contributed by atoms with E-state index >= 15 is 0 Å². The van der Waals surface area contributed by atoms with Crippen molar-refractivity contribution in [1.82, 2.24) is 4.98 Å². The van der Waals surface area contributed by atoms with Crippen molar-refractivity contribution in [2.45, 2.75) is 40.0 Å². The summed E-state index contributed by atoms with van der Waals surface area (Å²) < 4.78 is 0. The van der Waals surface area contributed by atoms with Crippen LogP contribution in [0, 0.1) is 20.8 Å². The Morgan fingerprint density at radius 1 is 0.931 bits per heavy atom. The summed E-state index contributed by atoms with van der Waals surface area (Å²) >= 11 is 1.50. The molecular formula is C24H27N3OS. The molecule has 0 radical (unpaired) electrons. The topological polar surface area (TPSA) is 45.2 Å². The number of hydrogen-bond acceptors (Lipinski definition) is 4. The number of anilines is 2. The average molecular weight is 406 g/mol. The molecule has 5 heteroatoms. The molecule has 0 spiro atoms. The van der Waals surface area contributed by atoms with Crippen LogP contribution in [0.25, 0.3) is 11.3 Å². The Balaban J connectivity index is 1.70. The number of hydrogen-bond donors (Lipinski definition) is 1. The van der Waals surface area contributed by atoms with E-state index in [2.05, 4.69) is 47.5 Å². The Labute approximate surface area is 176 Å². The lowest BCUT2D eigenvalue weighted by atomic mass is 10.1. The van der Waals surface area contributed by atoms with Gasteiger partial charge >= 0.3 is 0 Å². The highest BCUT2D eigenvalue weighted by molar-refractivity contribution is 7.18. The van der Waals surface area contributed by atoms with E-state index in [-0.39, 0.29) is 5.91 Å². The Morgan fingerprint density at radius 2 is 1.59 bits per heavy atom. The van der Waals surface area contributed by atoms with Crippen LogP contribution in [0.15, 0.2) is 42.5 Å². The van der Waals surface area contributed by atoms with Gasteiger partial charge in [-0.25, -0.2) is 4.98 Å². The van der Waals surface area contributed by atoms with E-state index < -0.39 is 0 Å². The fraction of sp³-hybridized carbons (Fsp3) is 0.333. The summed E-state index contributed by atoms with van der Waals surface area (Å²) in [5.41, 5.74) is 6.06. The van der Waals surface area contributed by atoms with Gasteiger partial charge in [-0.15, -0.1) is 0 Å². The zero-order valence-corrected chi connectivity index (χ0v) is 18.1. The van der Waals surface area contributed by atoms with Gasteiger partial charge in [-0.2, -0.15) is 0 Å². The molecule has 1 amide bonds. The molecule has 29 heavy (non-hydrogen) atoms. The molecule has 4 rings (SSSR count). The van der Waals surface area contributed by atoms with Crippen molar-refractivity contribution < 1.29 is 4.79 Å². The molecular weight excluding hydrogens is 378 g/mol.